The molecule has 0 N–H and O–H groups in total. The van der Waals surface area contributed by atoms with E-state index in [1.54, 1.807) is 0 Å². The predicted molar refractivity (Wildman–Crippen MR) is 81.9 cm³/mol. The van der Waals surface area contributed by atoms with E-state index >= 15 is 0 Å². The summed E-state index contributed by atoms with van der Waals surface area (Å²) in [6.07, 6.45) is 1.29. The van der Waals surface area contributed by atoms with Gasteiger partial charge in [0.2, 0.25) is 0 Å². The maximum absolute atomic E-state index is 11.5. The van der Waals surface area contributed by atoms with E-state index in [-0.39, 0.29) is 5.92 Å². The molecule has 5 heteroatoms. The molecule has 1 unspecified atom stereocenters. The van der Waals surface area contributed by atoms with Gasteiger partial charge in [0.1, 0.15) is 5.76 Å². The lowest BCUT2D eigenvalue weighted by Gasteiger charge is -2.32. The molecule has 1 aromatic rings. The van der Waals surface area contributed by atoms with Crippen LogP contribution in [0.5, 0.6) is 0 Å². The first-order valence-corrected chi connectivity index (χ1v) is 6.96. The molecule has 4 nitrogen and oxygen atoms in total. The number of rotatable bonds is 2. The van der Waals surface area contributed by atoms with E-state index in [4.69, 9.17) is 16.3 Å². The summed E-state index contributed by atoms with van der Waals surface area (Å²) in [6.45, 7) is 3.90. The topological polar surface area (TPSA) is 38.8 Å². The van der Waals surface area contributed by atoms with Gasteiger partial charge in [0.25, 0.3) is 0 Å². The highest BCUT2D eigenvalue weighted by Crippen LogP contribution is 2.38. The summed E-state index contributed by atoms with van der Waals surface area (Å²) in [7, 11) is 3.21. The highest BCUT2D eigenvalue weighted by Gasteiger charge is 2.29. The summed E-state index contributed by atoms with van der Waals surface area (Å²) in [5.74, 6) is 0.317. The van der Waals surface area contributed by atoms with Crippen LogP contribution in [-0.2, 0) is 9.47 Å². The molecule has 2 rings (SSSR count). The fourth-order valence-electron chi connectivity index (χ4n) is 2.31. The minimum atomic E-state index is -0.734. The molecule has 0 radical (unpaired) electrons. The Bertz CT molecular complexity index is 622. The van der Waals surface area contributed by atoms with Crippen LogP contribution in [-0.4, -0.2) is 25.2 Å². The Morgan fingerprint density at radius 1 is 1.29 bits per heavy atom. The summed E-state index contributed by atoms with van der Waals surface area (Å²) in [6, 6.07) is 7.53. The fourth-order valence-corrected chi connectivity index (χ4v) is 2.56. The van der Waals surface area contributed by atoms with E-state index in [0.717, 1.165) is 17.0 Å². The average Bonchev–Trinajstić information content (AvgIpc) is 2.48. The number of benzene rings is 1. The number of methoxy groups -OCH3 is 1. The van der Waals surface area contributed by atoms with E-state index in [9.17, 15) is 4.79 Å². The summed E-state index contributed by atoms with van der Waals surface area (Å²) in [4.78, 5) is 13.5. The molecular formula is C16H18ClNO3. The molecule has 112 valence electrons. The van der Waals surface area contributed by atoms with Crippen molar-refractivity contribution in [1.29, 1.82) is 0 Å². The van der Waals surface area contributed by atoms with Gasteiger partial charge in [-0.1, -0.05) is 35.9 Å². The number of ether oxygens (including phenoxy) is 2. The fraction of sp³-hybridized carbons (Fsp3) is 0.312. The van der Waals surface area contributed by atoms with Crippen LogP contribution in [0.25, 0.3) is 0 Å². The number of allylic oxidation sites excluding steroid dienone is 3. The number of hydrogen-bond donors (Lipinski definition) is 0. The van der Waals surface area contributed by atoms with Crippen LogP contribution in [0.2, 0.25) is 5.02 Å². The SMILES string of the molecule is COC(=O)OC1=C(C)N(C)C(C)=CC1c1ccccc1Cl. The van der Waals surface area contributed by atoms with E-state index in [1.807, 2.05) is 56.1 Å². The Hall–Kier alpha value is -1.94. The summed E-state index contributed by atoms with van der Waals surface area (Å²) < 4.78 is 9.98. The third-order valence-electron chi connectivity index (χ3n) is 3.68. The first-order valence-electron chi connectivity index (χ1n) is 6.58. The second-order valence-corrected chi connectivity index (χ2v) is 5.28. The molecule has 1 heterocycles. The number of nitrogens with zero attached hydrogens (tertiary/aromatic N) is 1. The molecule has 0 fully saturated rings. The molecule has 0 saturated heterocycles. The zero-order valence-electron chi connectivity index (χ0n) is 12.5. The quantitative estimate of drug-likeness (QED) is 0.764. The summed E-state index contributed by atoms with van der Waals surface area (Å²) in [5.41, 5.74) is 2.81. The van der Waals surface area contributed by atoms with Crippen LogP contribution in [0.1, 0.15) is 25.3 Å². The van der Waals surface area contributed by atoms with Crippen molar-refractivity contribution in [3.05, 3.63) is 58.1 Å². The van der Waals surface area contributed by atoms with Gasteiger partial charge in [-0.05, 0) is 25.5 Å². The first kappa shape index (κ1) is 15.4. The van der Waals surface area contributed by atoms with Gasteiger partial charge >= 0.3 is 6.16 Å². The second kappa shape index (κ2) is 6.22. The van der Waals surface area contributed by atoms with Crippen molar-refractivity contribution in [3.8, 4) is 0 Å². The highest BCUT2D eigenvalue weighted by molar-refractivity contribution is 6.31. The zero-order chi connectivity index (χ0) is 15.6. The molecule has 1 aliphatic heterocycles. The van der Waals surface area contributed by atoms with Crippen molar-refractivity contribution < 1.29 is 14.3 Å². The maximum atomic E-state index is 11.5. The van der Waals surface area contributed by atoms with Crippen LogP contribution in [0, 0.1) is 0 Å². The van der Waals surface area contributed by atoms with Crippen LogP contribution in [0.3, 0.4) is 0 Å². The standard InChI is InChI=1S/C16H18ClNO3/c1-10-9-13(12-7-5-6-8-14(12)17)15(11(2)18(10)3)21-16(19)20-4/h5-9,13H,1-4H3. The van der Waals surface area contributed by atoms with Gasteiger partial charge in [-0.25, -0.2) is 4.79 Å². The number of carbonyl (C=O) groups excluding carboxylic acids is 1. The lowest BCUT2D eigenvalue weighted by Crippen LogP contribution is -2.25. The van der Waals surface area contributed by atoms with Crippen LogP contribution in [0.4, 0.5) is 4.79 Å². The third-order valence-corrected chi connectivity index (χ3v) is 4.02. The van der Waals surface area contributed by atoms with Crippen molar-refractivity contribution in [2.75, 3.05) is 14.2 Å². The van der Waals surface area contributed by atoms with Gasteiger partial charge in [-0.2, -0.15) is 0 Å². The maximum Gasteiger partial charge on any atom is 0.513 e. The van der Waals surface area contributed by atoms with Crippen LogP contribution < -0.4 is 0 Å². The van der Waals surface area contributed by atoms with Crippen molar-refractivity contribution in [1.82, 2.24) is 4.90 Å². The summed E-state index contributed by atoms with van der Waals surface area (Å²) >= 11 is 6.29. The van der Waals surface area contributed by atoms with E-state index in [0.29, 0.717) is 10.8 Å². The second-order valence-electron chi connectivity index (χ2n) is 4.87. The van der Waals surface area contributed by atoms with Crippen LogP contribution in [0.15, 0.2) is 47.5 Å². The Morgan fingerprint density at radius 3 is 2.57 bits per heavy atom. The molecule has 0 aromatic heterocycles. The lowest BCUT2D eigenvalue weighted by atomic mass is 9.92. The third kappa shape index (κ3) is 3.05. The summed E-state index contributed by atoms with van der Waals surface area (Å²) in [5, 5.41) is 0.634. The largest absolute Gasteiger partial charge is 0.513 e. The lowest BCUT2D eigenvalue weighted by molar-refractivity contribution is 0.0909. The Labute approximate surface area is 129 Å². The number of hydrogen-bond acceptors (Lipinski definition) is 4. The van der Waals surface area contributed by atoms with Crippen molar-refractivity contribution in [2.24, 2.45) is 0 Å². The zero-order valence-corrected chi connectivity index (χ0v) is 13.3. The normalized spacial score (nSPS) is 18.4. The predicted octanol–water partition coefficient (Wildman–Crippen LogP) is 4.29. The van der Waals surface area contributed by atoms with E-state index in [2.05, 4.69) is 4.74 Å². The Balaban J connectivity index is 2.50. The molecule has 1 aromatic carbocycles. The number of halogens is 1. The Kier molecular flexibility index (Phi) is 4.58. The van der Waals surface area contributed by atoms with Crippen molar-refractivity contribution >= 4 is 17.8 Å². The minimum absolute atomic E-state index is 0.214. The molecule has 1 atom stereocenters. The highest BCUT2D eigenvalue weighted by atomic mass is 35.5. The molecular weight excluding hydrogens is 290 g/mol. The molecule has 0 bridgehead atoms. The van der Waals surface area contributed by atoms with Gasteiger partial charge in [0.15, 0.2) is 0 Å². The van der Waals surface area contributed by atoms with Gasteiger partial charge in [0, 0.05) is 17.8 Å². The monoisotopic (exact) mass is 307 g/mol. The first-order chi connectivity index (χ1) is 9.95. The smallest absolute Gasteiger partial charge is 0.437 e. The Morgan fingerprint density at radius 2 is 1.95 bits per heavy atom. The molecule has 1 aliphatic rings. The van der Waals surface area contributed by atoms with Crippen molar-refractivity contribution in [3.63, 3.8) is 0 Å². The molecule has 0 saturated carbocycles. The minimum Gasteiger partial charge on any atom is -0.437 e. The van der Waals surface area contributed by atoms with E-state index in [1.165, 1.54) is 7.11 Å². The number of carbonyl (C=O) groups is 1. The average molecular weight is 308 g/mol. The van der Waals surface area contributed by atoms with Crippen LogP contribution >= 0.6 is 11.6 Å². The van der Waals surface area contributed by atoms with E-state index < -0.39 is 6.16 Å². The molecule has 0 amide bonds. The van der Waals surface area contributed by atoms with Crippen molar-refractivity contribution in [2.45, 2.75) is 19.8 Å². The molecule has 0 spiro atoms. The van der Waals surface area contributed by atoms with Gasteiger partial charge in [-0.3, -0.25) is 0 Å². The molecule has 21 heavy (non-hydrogen) atoms. The van der Waals surface area contributed by atoms with Gasteiger partial charge in [0.05, 0.1) is 18.7 Å². The van der Waals surface area contributed by atoms with Gasteiger partial charge < -0.3 is 14.4 Å². The van der Waals surface area contributed by atoms with Gasteiger partial charge in [-0.15, -0.1) is 0 Å². The molecule has 0 aliphatic carbocycles.